The maximum Gasteiger partial charge on any atom is 0.124 e. The van der Waals surface area contributed by atoms with Crippen LogP contribution in [0.15, 0.2) is 22.7 Å². The molecule has 0 heterocycles. The normalized spacial score (nSPS) is 10.3. The van der Waals surface area contributed by atoms with Crippen molar-refractivity contribution in [3.8, 4) is 5.75 Å². The summed E-state index contributed by atoms with van der Waals surface area (Å²) >= 11 is 3.43. The highest BCUT2D eigenvalue weighted by Crippen LogP contribution is 2.23. The summed E-state index contributed by atoms with van der Waals surface area (Å²) in [5.41, 5.74) is 1.21. The van der Waals surface area contributed by atoms with Crippen molar-refractivity contribution < 1.29 is 4.74 Å². The zero-order chi connectivity index (χ0) is 11.1. The quantitative estimate of drug-likeness (QED) is 0.802. The summed E-state index contributed by atoms with van der Waals surface area (Å²) in [6.07, 6.45) is 2.45. The van der Waals surface area contributed by atoms with Gasteiger partial charge in [0.15, 0.2) is 0 Å². The van der Waals surface area contributed by atoms with Gasteiger partial charge in [-0.1, -0.05) is 35.3 Å². The van der Waals surface area contributed by atoms with Crippen molar-refractivity contribution in [1.82, 2.24) is 5.32 Å². The molecule has 0 aliphatic rings. The molecular weight excluding hydrogens is 254 g/mol. The highest BCUT2D eigenvalue weighted by Gasteiger charge is 2.02. The molecule has 0 spiro atoms. The third-order valence-corrected chi connectivity index (χ3v) is 2.76. The van der Waals surface area contributed by atoms with Gasteiger partial charge in [-0.05, 0) is 25.1 Å². The largest absolute Gasteiger partial charge is 0.496 e. The van der Waals surface area contributed by atoms with Crippen LogP contribution >= 0.6 is 15.9 Å². The van der Waals surface area contributed by atoms with Crippen molar-refractivity contribution in [2.75, 3.05) is 13.7 Å². The Morgan fingerprint density at radius 1 is 1.40 bits per heavy atom. The van der Waals surface area contributed by atoms with Crippen molar-refractivity contribution in [2.45, 2.75) is 26.3 Å². The van der Waals surface area contributed by atoms with E-state index in [1.54, 1.807) is 7.11 Å². The van der Waals surface area contributed by atoms with Crippen LogP contribution in [0.25, 0.3) is 0 Å². The van der Waals surface area contributed by atoms with Crippen molar-refractivity contribution in [3.05, 3.63) is 28.2 Å². The minimum Gasteiger partial charge on any atom is -0.496 e. The van der Waals surface area contributed by atoms with Crippen LogP contribution in [0.2, 0.25) is 0 Å². The Morgan fingerprint density at radius 2 is 2.20 bits per heavy atom. The predicted molar refractivity (Wildman–Crippen MR) is 67.3 cm³/mol. The smallest absolute Gasteiger partial charge is 0.124 e. The lowest BCUT2D eigenvalue weighted by atomic mass is 10.2. The molecule has 0 aliphatic heterocycles. The maximum absolute atomic E-state index is 5.31. The summed E-state index contributed by atoms with van der Waals surface area (Å²) in [5, 5.41) is 3.40. The molecule has 1 aromatic rings. The number of rotatable bonds is 6. The van der Waals surface area contributed by atoms with Gasteiger partial charge in [0.1, 0.15) is 5.75 Å². The standard InChI is InChI=1S/C12H18BrNO/c1-3-4-7-14-9-10-5-6-11(13)8-12(10)15-2/h5-6,8,14H,3-4,7,9H2,1-2H3. The van der Waals surface area contributed by atoms with E-state index in [1.807, 2.05) is 12.1 Å². The fourth-order valence-electron chi connectivity index (χ4n) is 1.39. The third-order valence-electron chi connectivity index (χ3n) is 2.27. The number of halogens is 1. The van der Waals surface area contributed by atoms with E-state index in [9.17, 15) is 0 Å². The number of hydrogen-bond acceptors (Lipinski definition) is 2. The number of methoxy groups -OCH3 is 1. The number of unbranched alkanes of at least 4 members (excludes halogenated alkanes) is 1. The molecule has 0 amide bonds. The van der Waals surface area contributed by atoms with Gasteiger partial charge < -0.3 is 10.1 Å². The Bertz CT molecular complexity index is 302. The molecule has 0 saturated carbocycles. The molecular formula is C12H18BrNO. The van der Waals surface area contributed by atoms with E-state index < -0.39 is 0 Å². The molecule has 1 aromatic carbocycles. The van der Waals surface area contributed by atoms with Gasteiger partial charge in [0, 0.05) is 16.6 Å². The second kappa shape index (κ2) is 6.85. The minimum absolute atomic E-state index is 0.871. The van der Waals surface area contributed by atoms with Crippen LogP contribution in [0.3, 0.4) is 0 Å². The van der Waals surface area contributed by atoms with E-state index in [0.29, 0.717) is 0 Å². The summed E-state index contributed by atoms with van der Waals surface area (Å²) in [6.45, 7) is 4.13. The molecule has 0 radical (unpaired) electrons. The Morgan fingerprint density at radius 3 is 2.87 bits per heavy atom. The predicted octanol–water partition coefficient (Wildman–Crippen LogP) is 3.35. The molecule has 3 heteroatoms. The van der Waals surface area contributed by atoms with Crippen molar-refractivity contribution in [2.24, 2.45) is 0 Å². The first-order valence-corrected chi connectivity index (χ1v) is 6.10. The SMILES string of the molecule is CCCCNCc1ccc(Br)cc1OC. The first-order valence-electron chi connectivity index (χ1n) is 5.31. The molecule has 15 heavy (non-hydrogen) atoms. The van der Waals surface area contributed by atoms with Crippen molar-refractivity contribution in [3.63, 3.8) is 0 Å². The average molecular weight is 272 g/mol. The fourth-order valence-corrected chi connectivity index (χ4v) is 1.73. The lowest BCUT2D eigenvalue weighted by Crippen LogP contribution is -2.14. The number of nitrogens with one attached hydrogen (secondary N) is 1. The highest BCUT2D eigenvalue weighted by atomic mass is 79.9. The number of benzene rings is 1. The first-order chi connectivity index (χ1) is 7.27. The minimum atomic E-state index is 0.871. The molecule has 0 fully saturated rings. The zero-order valence-electron chi connectivity index (χ0n) is 9.35. The van der Waals surface area contributed by atoms with E-state index in [4.69, 9.17) is 4.74 Å². The topological polar surface area (TPSA) is 21.3 Å². The van der Waals surface area contributed by atoms with Gasteiger partial charge in [0.05, 0.1) is 7.11 Å². The van der Waals surface area contributed by atoms with Gasteiger partial charge in [-0.2, -0.15) is 0 Å². The molecule has 0 unspecified atom stereocenters. The van der Waals surface area contributed by atoms with Crippen LogP contribution < -0.4 is 10.1 Å². The molecule has 1 rings (SSSR count). The Labute approximate surface area is 100 Å². The zero-order valence-corrected chi connectivity index (χ0v) is 10.9. The van der Waals surface area contributed by atoms with Crippen LogP contribution in [0.4, 0.5) is 0 Å². The molecule has 1 N–H and O–H groups in total. The summed E-state index contributed by atoms with van der Waals surface area (Å²) in [7, 11) is 1.71. The van der Waals surface area contributed by atoms with Gasteiger partial charge in [-0.3, -0.25) is 0 Å². The summed E-state index contributed by atoms with van der Waals surface area (Å²) in [4.78, 5) is 0. The van der Waals surface area contributed by atoms with Crippen LogP contribution in [0.1, 0.15) is 25.3 Å². The van der Waals surface area contributed by atoms with Gasteiger partial charge in [0.25, 0.3) is 0 Å². The molecule has 84 valence electrons. The monoisotopic (exact) mass is 271 g/mol. The van der Waals surface area contributed by atoms with Crippen LogP contribution in [0, 0.1) is 0 Å². The third kappa shape index (κ3) is 4.22. The molecule has 0 bridgehead atoms. The van der Waals surface area contributed by atoms with Crippen LogP contribution in [-0.2, 0) is 6.54 Å². The van der Waals surface area contributed by atoms with Crippen LogP contribution in [0.5, 0.6) is 5.75 Å². The van der Waals surface area contributed by atoms with E-state index in [0.717, 1.165) is 23.3 Å². The van der Waals surface area contributed by atoms with E-state index >= 15 is 0 Å². The lowest BCUT2D eigenvalue weighted by molar-refractivity contribution is 0.407. The lowest BCUT2D eigenvalue weighted by Gasteiger charge is -2.09. The Balaban J connectivity index is 2.52. The summed E-state index contributed by atoms with van der Waals surface area (Å²) < 4.78 is 6.37. The van der Waals surface area contributed by atoms with Crippen molar-refractivity contribution >= 4 is 15.9 Å². The van der Waals surface area contributed by atoms with Gasteiger partial charge in [-0.25, -0.2) is 0 Å². The molecule has 0 atom stereocenters. The fraction of sp³-hybridized carbons (Fsp3) is 0.500. The summed E-state index contributed by atoms with van der Waals surface area (Å²) in [6, 6.07) is 6.12. The van der Waals surface area contributed by atoms with Gasteiger partial charge in [0.2, 0.25) is 0 Å². The van der Waals surface area contributed by atoms with Crippen molar-refractivity contribution in [1.29, 1.82) is 0 Å². The average Bonchev–Trinajstić information content (AvgIpc) is 2.26. The van der Waals surface area contributed by atoms with E-state index in [2.05, 4.69) is 34.2 Å². The Kier molecular flexibility index (Phi) is 5.73. The molecule has 0 saturated heterocycles. The Hall–Kier alpha value is -0.540. The van der Waals surface area contributed by atoms with Gasteiger partial charge in [-0.15, -0.1) is 0 Å². The van der Waals surface area contributed by atoms with E-state index in [1.165, 1.54) is 18.4 Å². The number of hydrogen-bond donors (Lipinski definition) is 1. The van der Waals surface area contributed by atoms with Gasteiger partial charge >= 0.3 is 0 Å². The highest BCUT2D eigenvalue weighted by molar-refractivity contribution is 9.10. The first kappa shape index (κ1) is 12.5. The second-order valence-electron chi connectivity index (χ2n) is 3.49. The van der Waals surface area contributed by atoms with Crippen LogP contribution in [-0.4, -0.2) is 13.7 Å². The molecule has 2 nitrogen and oxygen atoms in total. The summed E-state index contributed by atoms with van der Waals surface area (Å²) in [5.74, 6) is 0.938. The van der Waals surface area contributed by atoms with E-state index in [-0.39, 0.29) is 0 Å². The molecule has 0 aromatic heterocycles. The second-order valence-corrected chi connectivity index (χ2v) is 4.40. The maximum atomic E-state index is 5.31. The number of ether oxygens (including phenoxy) is 1. The molecule has 0 aliphatic carbocycles.